The molecule has 12 nitrogen and oxygen atoms in total. The van der Waals surface area contributed by atoms with E-state index in [1.807, 2.05) is 63.2 Å². The van der Waals surface area contributed by atoms with Gasteiger partial charge in [0.1, 0.15) is 5.78 Å². The second kappa shape index (κ2) is 27.1. The largest absolute Gasteiger partial charge is 0.478 e. The van der Waals surface area contributed by atoms with Gasteiger partial charge in [-0.05, 0) is 158 Å². The summed E-state index contributed by atoms with van der Waals surface area (Å²) in [6.07, 6.45) is 24.5. The molecule has 0 radical (unpaired) electrons. The van der Waals surface area contributed by atoms with E-state index in [1.165, 1.54) is 80.2 Å². The zero-order chi connectivity index (χ0) is 59.9. The summed E-state index contributed by atoms with van der Waals surface area (Å²) < 4.78 is 0. The number of halogens is 1. The molecule has 8 unspecified atom stereocenters. The summed E-state index contributed by atoms with van der Waals surface area (Å²) in [4.78, 5) is 91.9. The van der Waals surface area contributed by atoms with E-state index in [9.17, 15) is 43.7 Å². The Kier molecular flexibility index (Phi) is 20.5. The van der Waals surface area contributed by atoms with Crippen LogP contribution < -0.4 is 5.73 Å². The Morgan fingerprint density at radius 1 is 0.530 bits per heavy atom. The highest BCUT2D eigenvalue weighted by molar-refractivity contribution is 6.64. The van der Waals surface area contributed by atoms with Crippen LogP contribution in [-0.4, -0.2) is 50.2 Å². The highest BCUT2D eigenvalue weighted by atomic mass is 35.5. The van der Waals surface area contributed by atoms with Gasteiger partial charge in [-0.1, -0.05) is 148 Å². The molecule has 13 heteroatoms. The molecule has 0 heterocycles. The predicted octanol–water partition coefficient (Wildman–Crippen LogP) is 16.6. The first-order valence-corrected chi connectivity index (χ1v) is 31.1. The molecule has 83 heavy (non-hydrogen) atoms. The third-order valence-corrected chi connectivity index (χ3v) is 19.4. The number of allylic oxidation sites excluding steroid dienone is 1. The Bertz CT molecular complexity index is 3160. The van der Waals surface area contributed by atoms with Gasteiger partial charge in [0.25, 0.3) is 5.69 Å². The number of rotatable bonds is 4. The number of carbonyl (C=O) groups is 7. The summed E-state index contributed by atoms with van der Waals surface area (Å²) in [5, 5.41) is 18.9. The molecule has 0 amide bonds. The molecular weight excluding hydrogens is 1060 g/mol. The Hall–Kier alpha value is -6.40. The maximum atomic E-state index is 12.6. The number of nitrogens with zero attached hydrogens (tertiary/aromatic N) is 1. The Balaban J connectivity index is 0.000000134. The molecule has 9 aliphatic carbocycles. The number of nitro benzene ring substituents is 1. The van der Waals surface area contributed by atoms with Gasteiger partial charge < -0.3 is 10.8 Å². The lowest BCUT2D eigenvalue weighted by molar-refractivity contribution is -0.384. The number of nitrogens with two attached hydrogens (primary N) is 1. The van der Waals surface area contributed by atoms with Crippen LogP contribution in [0.5, 0.6) is 0 Å². The predicted molar refractivity (Wildman–Crippen MR) is 326 cm³/mol. The molecule has 4 fully saturated rings. The van der Waals surface area contributed by atoms with E-state index in [0.717, 1.165) is 105 Å². The van der Waals surface area contributed by atoms with Gasteiger partial charge in [-0.25, -0.2) is 4.79 Å². The van der Waals surface area contributed by atoms with Crippen LogP contribution in [0.2, 0.25) is 0 Å². The number of aliphatic carboxylic acids is 1. The maximum Gasteiger partial charge on any atom is 0.331 e. The number of carboxylic acid groups (broad SMARTS) is 1. The van der Waals surface area contributed by atoms with Gasteiger partial charge in [-0.2, -0.15) is 0 Å². The summed E-state index contributed by atoms with van der Waals surface area (Å²) in [5.74, 6) is 3.33. The van der Waals surface area contributed by atoms with Gasteiger partial charge in [0.05, 0.1) is 4.92 Å². The molecule has 0 saturated heterocycles. The number of carbonyl (C=O) groups excluding carboxylic acids is 6. The van der Waals surface area contributed by atoms with Crippen LogP contribution in [0.3, 0.4) is 0 Å². The Labute approximate surface area is 495 Å². The second-order valence-corrected chi connectivity index (χ2v) is 26.8. The molecule has 8 atom stereocenters. The average molecular weight is 1150 g/mol. The van der Waals surface area contributed by atoms with Crippen molar-refractivity contribution in [3.8, 4) is 0 Å². The van der Waals surface area contributed by atoms with Gasteiger partial charge in [0.2, 0.25) is 5.24 Å². The SMILES string of the molecule is CC(C)(C)C(=O)Cc1ccc2c(c1)C(=O)C1CCCCC21.CC(C)(C)C(=O)Cl.Nc1ccc2c(c1)C(=O)C1CCCCC21.O=C(O)C1=CCCCC1.O=C1c2cc([N+](=O)[O-])ccc2C2CCCCC12.O=C1c2ccccc2C2CCCCC12. The van der Waals surface area contributed by atoms with E-state index in [4.69, 9.17) is 22.4 Å². The number of non-ortho nitro benzene ring substituents is 1. The number of fused-ring (bicyclic) bond motifs is 12. The quantitative estimate of drug-likeness (QED) is 0.0850. The van der Waals surface area contributed by atoms with Crippen LogP contribution >= 0.6 is 11.6 Å². The Morgan fingerprint density at radius 3 is 1.34 bits per heavy atom. The number of nitro groups is 1. The summed E-state index contributed by atoms with van der Waals surface area (Å²) >= 11 is 5.11. The summed E-state index contributed by atoms with van der Waals surface area (Å²) in [7, 11) is 0. The third-order valence-electron chi connectivity index (χ3n) is 18.8. The monoisotopic (exact) mass is 1150 g/mol. The molecule has 0 spiro atoms. The molecule has 9 aliphatic rings. The van der Waals surface area contributed by atoms with Crippen molar-refractivity contribution in [1.82, 2.24) is 0 Å². The van der Waals surface area contributed by atoms with Crippen LogP contribution in [-0.2, 0) is 20.8 Å². The number of carboxylic acids is 1. The van der Waals surface area contributed by atoms with Gasteiger partial charge >= 0.3 is 5.97 Å². The van der Waals surface area contributed by atoms with E-state index in [1.54, 1.807) is 26.8 Å². The first-order valence-electron chi connectivity index (χ1n) is 30.7. The number of ketones is 5. The Morgan fingerprint density at radius 2 is 0.928 bits per heavy atom. The molecule has 13 rings (SSSR count). The second-order valence-electron chi connectivity index (χ2n) is 26.5. The highest BCUT2D eigenvalue weighted by Crippen LogP contribution is 2.50. The smallest absolute Gasteiger partial charge is 0.331 e. The minimum atomic E-state index is -0.741. The van der Waals surface area contributed by atoms with Crippen LogP contribution in [0.4, 0.5) is 11.4 Å². The van der Waals surface area contributed by atoms with Crippen molar-refractivity contribution in [2.75, 3.05) is 5.73 Å². The molecule has 4 aromatic rings. The van der Waals surface area contributed by atoms with Gasteiger partial charge in [0.15, 0.2) is 23.1 Å². The zero-order valence-electron chi connectivity index (χ0n) is 49.6. The average Bonchev–Trinajstić information content (AvgIpc) is 3.88. The van der Waals surface area contributed by atoms with Crippen LogP contribution in [0, 0.1) is 44.6 Å². The number of benzene rings is 4. The topological polar surface area (TPSA) is 209 Å². The molecule has 4 aromatic carbocycles. The van der Waals surface area contributed by atoms with Crippen molar-refractivity contribution in [2.24, 2.45) is 34.5 Å². The van der Waals surface area contributed by atoms with Gasteiger partial charge in [-0.3, -0.25) is 38.9 Å². The first-order chi connectivity index (χ1) is 39.5. The van der Waals surface area contributed by atoms with Crippen LogP contribution in [0.25, 0.3) is 0 Å². The first kappa shape index (κ1) is 62.6. The van der Waals surface area contributed by atoms with E-state index < -0.39 is 10.9 Å². The fourth-order valence-corrected chi connectivity index (χ4v) is 14.1. The number of hydrogen-bond acceptors (Lipinski definition) is 10. The van der Waals surface area contributed by atoms with E-state index in [-0.39, 0.29) is 51.1 Å². The lowest BCUT2D eigenvalue weighted by Gasteiger charge is -2.24. The standard InChI is InChI=1S/C19H24O2.C13H13NO3.C13H15NO.C13H14O.C7H10O2.C5H9ClO/c1-19(2,3)17(20)11-12-8-9-14-13-6-4-5-7-15(13)18(21)16(14)10-12;15-13-11-4-2-1-3-9(11)10-6-5-8(14(16)17)7-12(10)13;14-8-5-6-10-9-3-1-2-4-11(9)13(15)12(10)7-8;14-13-11-7-3-1-5-9(11)10-6-2-4-8-12(10)13;8-7(9)6-4-2-1-3-5-6;1-5(2,3)4(6)7/h8-10,13,15H,4-7,11H2,1-3H3;5-7,9,11H,1-4H2;5-7,9,11H,1-4,14H2;1,3,5,7,10,12H,2,4,6,8H2;4H,1-3,5H2,(H,8,9);1-3H3. The highest BCUT2D eigenvalue weighted by Gasteiger charge is 2.44. The fourth-order valence-electron chi connectivity index (χ4n) is 14.1. The number of Topliss-reactive ketones (excluding diaryl/α,β-unsaturated/α-hetero) is 5. The van der Waals surface area contributed by atoms with Crippen molar-refractivity contribution in [1.29, 1.82) is 0 Å². The zero-order valence-corrected chi connectivity index (χ0v) is 50.3. The van der Waals surface area contributed by atoms with Crippen molar-refractivity contribution >= 4 is 63.1 Å². The van der Waals surface area contributed by atoms with E-state index >= 15 is 0 Å². The minimum Gasteiger partial charge on any atom is -0.478 e. The number of nitrogen functional groups attached to an aromatic ring is 1. The van der Waals surface area contributed by atoms with Crippen molar-refractivity contribution in [3.05, 3.63) is 151 Å². The molecule has 0 aromatic heterocycles. The van der Waals surface area contributed by atoms with Crippen LogP contribution in [0.15, 0.2) is 90.5 Å². The minimum absolute atomic E-state index is 0.0238. The van der Waals surface area contributed by atoms with E-state index in [0.29, 0.717) is 70.2 Å². The van der Waals surface area contributed by atoms with E-state index in [2.05, 4.69) is 24.3 Å². The third kappa shape index (κ3) is 14.6. The summed E-state index contributed by atoms with van der Waals surface area (Å²) in [6.45, 7) is 11.2. The van der Waals surface area contributed by atoms with Gasteiger partial charge in [0, 0.05) is 86.6 Å². The lowest BCUT2D eigenvalue weighted by atomic mass is 9.79. The number of hydrogen-bond donors (Lipinski definition) is 2. The van der Waals surface area contributed by atoms with Gasteiger partial charge in [-0.15, -0.1) is 0 Å². The molecule has 0 bridgehead atoms. The molecular formula is C70H85ClN2O10. The number of anilines is 1. The van der Waals surface area contributed by atoms with Crippen molar-refractivity contribution < 1.29 is 43.6 Å². The van der Waals surface area contributed by atoms with Crippen LogP contribution in [0.1, 0.15) is 263 Å². The van der Waals surface area contributed by atoms with Crippen molar-refractivity contribution in [3.63, 3.8) is 0 Å². The maximum absolute atomic E-state index is 12.6. The molecule has 442 valence electrons. The normalized spacial score (nSPS) is 24.9. The molecule has 0 aliphatic heterocycles. The summed E-state index contributed by atoms with van der Waals surface area (Å²) in [6, 6.07) is 24.9. The lowest BCUT2D eigenvalue weighted by Crippen LogP contribution is -2.22. The molecule has 4 saturated carbocycles. The molecule has 3 N–H and O–H groups in total. The van der Waals surface area contributed by atoms with Crippen molar-refractivity contribution in [2.45, 2.75) is 200 Å². The fraction of sp³-hybridized carbons (Fsp3) is 0.529. The summed E-state index contributed by atoms with van der Waals surface area (Å²) in [5.41, 5.74) is 15.6.